The minimum Gasteiger partial charge on any atom is -0.374 e. The summed E-state index contributed by atoms with van der Waals surface area (Å²) in [5.74, 6) is 0.671. The summed E-state index contributed by atoms with van der Waals surface area (Å²) in [4.78, 5) is 6.76. The van der Waals surface area contributed by atoms with Crippen LogP contribution in [0.5, 0.6) is 0 Å². The summed E-state index contributed by atoms with van der Waals surface area (Å²) in [5, 5.41) is 3.22. The van der Waals surface area contributed by atoms with Crippen LogP contribution in [0.3, 0.4) is 0 Å². The molecular formula is C16H26N4O3S. The van der Waals surface area contributed by atoms with Crippen LogP contribution in [0.15, 0.2) is 23.2 Å². The Morgan fingerprint density at radius 1 is 1.25 bits per heavy atom. The van der Waals surface area contributed by atoms with E-state index in [0.717, 1.165) is 39.0 Å². The van der Waals surface area contributed by atoms with Crippen LogP contribution in [0.4, 0.5) is 5.82 Å². The normalized spacial score (nSPS) is 24.0. The van der Waals surface area contributed by atoms with Gasteiger partial charge >= 0.3 is 0 Å². The lowest BCUT2D eigenvalue weighted by molar-refractivity contribution is -0.0117. The Bertz CT molecular complexity index is 629. The topological polar surface area (TPSA) is 74.8 Å². The highest BCUT2D eigenvalue weighted by molar-refractivity contribution is 7.89. The fraction of sp³-hybridized carbons (Fsp3) is 0.688. The van der Waals surface area contributed by atoms with E-state index < -0.39 is 10.0 Å². The van der Waals surface area contributed by atoms with Gasteiger partial charge < -0.3 is 15.0 Å². The third kappa shape index (κ3) is 4.24. The van der Waals surface area contributed by atoms with Gasteiger partial charge in [0.15, 0.2) is 0 Å². The van der Waals surface area contributed by atoms with E-state index in [1.165, 1.54) is 6.20 Å². The van der Waals surface area contributed by atoms with E-state index in [-0.39, 0.29) is 11.0 Å². The molecule has 2 aliphatic rings. The number of likely N-dealkylation sites (N-methyl/N-ethyl adjacent to an activating group) is 1. The molecule has 3 rings (SSSR count). The van der Waals surface area contributed by atoms with E-state index in [4.69, 9.17) is 4.74 Å². The quantitative estimate of drug-likeness (QED) is 0.850. The van der Waals surface area contributed by atoms with Crippen molar-refractivity contribution in [1.82, 2.24) is 14.2 Å². The standard InChI is InChI=1S/C16H26N4O3S/c1-19-9-10-23-14(13-19)11-17-16-6-5-15(12-18-16)24(21,22)20-7-3-2-4-8-20/h5-6,12,14H,2-4,7-11,13H2,1H3,(H,17,18). The number of morpholine rings is 1. The first kappa shape index (κ1) is 17.6. The molecule has 1 N–H and O–H groups in total. The van der Waals surface area contributed by atoms with Crippen LogP contribution in [0.1, 0.15) is 19.3 Å². The highest BCUT2D eigenvalue weighted by Crippen LogP contribution is 2.20. The summed E-state index contributed by atoms with van der Waals surface area (Å²) in [7, 11) is -1.33. The zero-order valence-corrected chi connectivity index (χ0v) is 15.0. The molecule has 134 valence electrons. The predicted molar refractivity (Wildman–Crippen MR) is 92.6 cm³/mol. The van der Waals surface area contributed by atoms with Crippen LogP contribution < -0.4 is 5.32 Å². The molecular weight excluding hydrogens is 328 g/mol. The molecule has 0 bridgehead atoms. The van der Waals surface area contributed by atoms with Gasteiger partial charge in [0, 0.05) is 38.9 Å². The van der Waals surface area contributed by atoms with Crippen molar-refractivity contribution in [3.05, 3.63) is 18.3 Å². The number of ether oxygens (including phenoxy) is 1. The highest BCUT2D eigenvalue weighted by Gasteiger charge is 2.26. The number of hydrogen-bond donors (Lipinski definition) is 1. The Morgan fingerprint density at radius 2 is 2.04 bits per heavy atom. The van der Waals surface area contributed by atoms with Crippen molar-refractivity contribution >= 4 is 15.8 Å². The molecule has 2 saturated heterocycles. The molecule has 1 aromatic heterocycles. The summed E-state index contributed by atoms with van der Waals surface area (Å²) in [6, 6.07) is 3.36. The van der Waals surface area contributed by atoms with Crippen LogP contribution in [0.2, 0.25) is 0 Å². The fourth-order valence-corrected chi connectivity index (χ4v) is 4.56. The maximum absolute atomic E-state index is 12.6. The number of anilines is 1. The van der Waals surface area contributed by atoms with E-state index in [1.807, 2.05) is 0 Å². The first-order valence-corrected chi connectivity index (χ1v) is 10.00. The Balaban J connectivity index is 1.58. The number of nitrogens with zero attached hydrogens (tertiary/aromatic N) is 3. The molecule has 0 spiro atoms. The van der Waals surface area contributed by atoms with E-state index >= 15 is 0 Å². The molecule has 3 heterocycles. The summed E-state index contributed by atoms with van der Waals surface area (Å²) in [6.07, 6.45) is 4.54. The Hall–Kier alpha value is -1.22. The van der Waals surface area contributed by atoms with E-state index in [1.54, 1.807) is 16.4 Å². The fourth-order valence-electron chi connectivity index (χ4n) is 3.10. The smallest absolute Gasteiger partial charge is 0.244 e. The number of hydrogen-bond acceptors (Lipinski definition) is 6. The number of sulfonamides is 1. The number of aromatic nitrogens is 1. The average molecular weight is 354 g/mol. The minimum absolute atomic E-state index is 0.127. The van der Waals surface area contributed by atoms with Gasteiger partial charge in [-0.1, -0.05) is 6.42 Å². The van der Waals surface area contributed by atoms with Gasteiger partial charge in [0.2, 0.25) is 10.0 Å². The molecule has 1 atom stereocenters. The third-order valence-corrected chi connectivity index (χ3v) is 6.42. The van der Waals surface area contributed by atoms with E-state index in [2.05, 4.69) is 22.2 Å². The zero-order valence-electron chi connectivity index (χ0n) is 14.1. The van der Waals surface area contributed by atoms with Gasteiger partial charge in [0.25, 0.3) is 0 Å². The van der Waals surface area contributed by atoms with Gasteiger partial charge in [0.1, 0.15) is 10.7 Å². The summed E-state index contributed by atoms with van der Waals surface area (Å²) >= 11 is 0. The van der Waals surface area contributed by atoms with Gasteiger partial charge in [0.05, 0.1) is 12.7 Å². The van der Waals surface area contributed by atoms with Crippen LogP contribution >= 0.6 is 0 Å². The van der Waals surface area contributed by atoms with Crippen LogP contribution in [0.25, 0.3) is 0 Å². The van der Waals surface area contributed by atoms with Crippen molar-refractivity contribution in [3.63, 3.8) is 0 Å². The molecule has 24 heavy (non-hydrogen) atoms. The Labute approximate surface area is 144 Å². The summed E-state index contributed by atoms with van der Waals surface area (Å²) < 4.78 is 32.4. The van der Waals surface area contributed by atoms with Crippen LogP contribution in [-0.4, -0.2) is 75.1 Å². The summed E-state index contributed by atoms with van der Waals surface area (Å²) in [5.41, 5.74) is 0. The Morgan fingerprint density at radius 3 is 2.71 bits per heavy atom. The van der Waals surface area contributed by atoms with Gasteiger partial charge in [-0.25, -0.2) is 13.4 Å². The SMILES string of the molecule is CN1CCOC(CNc2ccc(S(=O)(=O)N3CCCCC3)cn2)C1. The third-order valence-electron chi connectivity index (χ3n) is 4.54. The molecule has 2 fully saturated rings. The van der Waals surface area contributed by atoms with Crippen molar-refractivity contribution < 1.29 is 13.2 Å². The van der Waals surface area contributed by atoms with Gasteiger partial charge in [-0.2, -0.15) is 4.31 Å². The highest BCUT2D eigenvalue weighted by atomic mass is 32.2. The lowest BCUT2D eigenvalue weighted by Gasteiger charge is -2.30. The van der Waals surface area contributed by atoms with Crippen molar-refractivity contribution in [3.8, 4) is 0 Å². The van der Waals surface area contributed by atoms with Gasteiger partial charge in [-0.15, -0.1) is 0 Å². The summed E-state index contributed by atoms with van der Waals surface area (Å²) in [6.45, 7) is 4.45. The first-order valence-electron chi connectivity index (χ1n) is 8.56. The maximum Gasteiger partial charge on any atom is 0.244 e. The van der Waals surface area contributed by atoms with Crippen LogP contribution in [0, 0.1) is 0 Å². The molecule has 0 saturated carbocycles. The number of piperidine rings is 1. The molecule has 8 heteroatoms. The first-order chi connectivity index (χ1) is 11.6. The second kappa shape index (κ2) is 7.77. The van der Waals surface area contributed by atoms with Crippen molar-refractivity contribution in [1.29, 1.82) is 0 Å². The minimum atomic E-state index is -3.41. The lowest BCUT2D eigenvalue weighted by Crippen LogP contribution is -2.43. The molecule has 7 nitrogen and oxygen atoms in total. The molecule has 0 aromatic carbocycles. The van der Waals surface area contributed by atoms with E-state index in [0.29, 0.717) is 25.5 Å². The molecule has 1 aromatic rings. The lowest BCUT2D eigenvalue weighted by atomic mass is 10.2. The molecule has 0 radical (unpaired) electrons. The second-order valence-electron chi connectivity index (χ2n) is 6.48. The average Bonchev–Trinajstić information content (AvgIpc) is 2.61. The Kier molecular flexibility index (Phi) is 5.70. The van der Waals surface area contributed by atoms with Crippen molar-refractivity contribution in [2.75, 3.05) is 51.7 Å². The van der Waals surface area contributed by atoms with Crippen LogP contribution in [-0.2, 0) is 14.8 Å². The van der Waals surface area contributed by atoms with Gasteiger partial charge in [-0.3, -0.25) is 0 Å². The van der Waals surface area contributed by atoms with E-state index in [9.17, 15) is 8.42 Å². The molecule has 0 aliphatic carbocycles. The predicted octanol–water partition coefficient (Wildman–Crippen LogP) is 0.999. The zero-order chi connectivity index (χ0) is 17.0. The number of pyridine rings is 1. The maximum atomic E-state index is 12.6. The number of rotatable bonds is 5. The number of nitrogens with one attached hydrogen (secondary N) is 1. The van der Waals surface area contributed by atoms with Crippen molar-refractivity contribution in [2.45, 2.75) is 30.3 Å². The van der Waals surface area contributed by atoms with Crippen molar-refractivity contribution in [2.24, 2.45) is 0 Å². The molecule has 0 amide bonds. The second-order valence-corrected chi connectivity index (χ2v) is 8.42. The van der Waals surface area contributed by atoms with Gasteiger partial charge in [-0.05, 0) is 32.0 Å². The molecule has 1 unspecified atom stereocenters. The molecule has 2 aliphatic heterocycles. The largest absolute Gasteiger partial charge is 0.374 e. The monoisotopic (exact) mass is 354 g/mol.